The average Bonchev–Trinajstić information content (AvgIpc) is 2.10. The fourth-order valence-electron chi connectivity index (χ4n) is 1.18. The number of nitrogens with two attached hydrogens (primary N) is 1. The molecule has 0 amide bonds. The topological polar surface area (TPSA) is 63.3 Å². The molecule has 0 aliphatic heterocycles. The van der Waals surface area contributed by atoms with Gasteiger partial charge in [-0.25, -0.2) is 4.79 Å². The van der Waals surface area contributed by atoms with Crippen molar-refractivity contribution in [3.8, 4) is 0 Å². The van der Waals surface area contributed by atoms with Gasteiger partial charge < -0.3 is 10.8 Å². The molecule has 0 heterocycles. The summed E-state index contributed by atoms with van der Waals surface area (Å²) in [5, 5.41) is 9.19. The predicted molar refractivity (Wildman–Crippen MR) is 56.7 cm³/mol. The highest BCUT2D eigenvalue weighted by Gasteiger charge is 2.12. The Morgan fingerprint density at radius 2 is 2.29 bits per heavy atom. The SMILES string of the molecule is C=CCc1cc(Cl)cc(C(=O)O)c1N. The van der Waals surface area contributed by atoms with Gasteiger partial charge >= 0.3 is 5.97 Å². The number of carboxylic acid groups (broad SMARTS) is 1. The van der Waals surface area contributed by atoms with Crippen molar-refractivity contribution < 1.29 is 9.90 Å². The Morgan fingerprint density at radius 1 is 1.64 bits per heavy atom. The highest BCUT2D eigenvalue weighted by atomic mass is 35.5. The second-order valence-electron chi connectivity index (χ2n) is 2.82. The van der Waals surface area contributed by atoms with Gasteiger partial charge in [0.05, 0.1) is 5.56 Å². The van der Waals surface area contributed by atoms with Crippen LogP contribution < -0.4 is 5.73 Å². The van der Waals surface area contributed by atoms with Crippen molar-refractivity contribution in [1.82, 2.24) is 0 Å². The third-order valence-electron chi connectivity index (χ3n) is 1.83. The van der Waals surface area contributed by atoms with E-state index in [9.17, 15) is 4.79 Å². The first kappa shape index (κ1) is 10.6. The highest BCUT2D eigenvalue weighted by Crippen LogP contribution is 2.24. The maximum absolute atomic E-state index is 10.8. The minimum atomic E-state index is -1.07. The normalized spacial score (nSPS) is 9.79. The fraction of sp³-hybridized carbons (Fsp3) is 0.100. The van der Waals surface area contributed by atoms with Gasteiger partial charge in [0.1, 0.15) is 0 Å². The molecule has 0 saturated heterocycles. The Morgan fingerprint density at radius 3 is 2.79 bits per heavy atom. The summed E-state index contributed by atoms with van der Waals surface area (Å²) in [5.41, 5.74) is 6.63. The number of halogens is 1. The van der Waals surface area contributed by atoms with Crippen LogP contribution in [0.15, 0.2) is 24.8 Å². The summed E-state index contributed by atoms with van der Waals surface area (Å²) in [4.78, 5) is 10.8. The molecule has 3 nitrogen and oxygen atoms in total. The second kappa shape index (κ2) is 4.15. The van der Waals surface area contributed by atoms with Crippen LogP contribution in [0.4, 0.5) is 5.69 Å². The van der Waals surface area contributed by atoms with Crippen molar-refractivity contribution in [3.05, 3.63) is 40.9 Å². The number of benzene rings is 1. The van der Waals surface area contributed by atoms with Crippen LogP contribution >= 0.6 is 11.6 Å². The van der Waals surface area contributed by atoms with Crippen LogP contribution in [0.3, 0.4) is 0 Å². The molecule has 0 spiro atoms. The third-order valence-corrected chi connectivity index (χ3v) is 2.04. The molecule has 4 heteroatoms. The first-order valence-electron chi connectivity index (χ1n) is 3.98. The number of hydrogen-bond donors (Lipinski definition) is 2. The van der Waals surface area contributed by atoms with E-state index >= 15 is 0 Å². The molecule has 1 rings (SSSR count). The number of nitrogen functional groups attached to an aromatic ring is 1. The summed E-state index contributed by atoms with van der Waals surface area (Å²) >= 11 is 5.75. The molecule has 14 heavy (non-hydrogen) atoms. The lowest BCUT2D eigenvalue weighted by Gasteiger charge is -2.07. The smallest absolute Gasteiger partial charge is 0.337 e. The number of rotatable bonds is 3. The Kier molecular flexibility index (Phi) is 3.14. The summed E-state index contributed by atoms with van der Waals surface area (Å²) in [5.74, 6) is -1.07. The van der Waals surface area contributed by atoms with Crippen molar-refractivity contribution in [2.24, 2.45) is 0 Å². The van der Waals surface area contributed by atoms with Crippen LogP contribution in [0.25, 0.3) is 0 Å². The fourth-order valence-corrected chi connectivity index (χ4v) is 1.42. The van der Waals surface area contributed by atoms with Gasteiger partial charge in [-0.2, -0.15) is 0 Å². The monoisotopic (exact) mass is 211 g/mol. The molecule has 0 saturated carbocycles. The summed E-state index contributed by atoms with van der Waals surface area (Å²) in [6.07, 6.45) is 2.15. The first-order valence-corrected chi connectivity index (χ1v) is 4.36. The van der Waals surface area contributed by atoms with E-state index < -0.39 is 5.97 Å². The van der Waals surface area contributed by atoms with E-state index in [4.69, 9.17) is 22.4 Å². The summed E-state index contributed by atoms with van der Waals surface area (Å²) < 4.78 is 0. The zero-order valence-electron chi connectivity index (χ0n) is 7.46. The van der Waals surface area contributed by atoms with Crippen LogP contribution in [-0.4, -0.2) is 11.1 Å². The standard InChI is InChI=1S/C10H10ClNO2/c1-2-3-6-4-7(11)5-8(9(6)12)10(13)14/h2,4-5H,1,3,12H2,(H,13,14). The van der Waals surface area contributed by atoms with Gasteiger partial charge in [-0.3, -0.25) is 0 Å². The van der Waals surface area contributed by atoms with E-state index in [0.717, 1.165) is 0 Å². The molecule has 3 N–H and O–H groups in total. The summed E-state index contributed by atoms with van der Waals surface area (Å²) in [6, 6.07) is 2.98. The quantitative estimate of drug-likeness (QED) is 0.596. The van der Waals surface area contributed by atoms with Crippen molar-refractivity contribution >= 4 is 23.3 Å². The van der Waals surface area contributed by atoms with E-state index in [-0.39, 0.29) is 11.3 Å². The third kappa shape index (κ3) is 2.06. The number of carbonyl (C=O) groups is 1. The summed E-state index contributed by atoms with van der Waals surface area (Å²) in [7, 11) is 0. The van der Waals surface area contributed by atoms with Gasteiger partial charge in [-0.15, -0.1) is 6.58 Å². The Labute approximate surface area is 86.8 Å². The lowest BCUT2D eigenvalue weighted by atomic mass is 10.0. The average molecular weight is 212 g/mol. The van der Waals surface area contributed by atoms with Crippen LogP contribution in [0.5, 0.6) is 0 Å². The first-order chi connectivity index (χ1) is 6.56. The van der Waals surface area contributed by atoms with Gasteiger partial charge in [-0.1, -0.05) is 17.7 Å². The largest absolute Gasteiger partial charge is 0.478 e. The molecule has 74 valence electrons. The lowest BCUT2D eigenvalue weighted by molar-refractivity contribution is 0.0698. The number of allylic oxidation sites excluding steroid dienone is 1. The maximum Gasteiger partial charge on any atom is 0.337 e. The van der Waals surface area contributed by atoms with Crippen LogP contribution in [-0.2, 0) is 6.42 Å². The van der Waals surface area contributed by atoms with E-state index in [1.165, 1.54) is 6.07 Å². The van der Waals surface area contributed by atoms with Crippen LogP contribution in [0.2, 0.25) is 5.02 Å². The molecule has 0 aliphatic carbocycles. The van der Waals surface area contributed by atoms with Gasteiger partial charge in [0.2, 0.25) is 0 Å². The molecule has 0 unspecified atom stereocenters. The van der Waals surface area contributed by atoms with Gasteiger partial charge in [0.15, 0.2) is 0 Å². The van der Waals surface area contributed by atoms with Crippen molar-refractivity contribution in [1.29, 1.82) is 0 Å². The second-order valence-corrected chi connectivity index (χ2v) is 3.26. The minimum absolute atomic E-state index is 0.0364. The van der Waals surface area contributed by atoms with Gasteiger partial charge in [0.25, 0.3) is 0 Å². The molecule has 0 atom stereocenters. The number of hydrogen-bond acceptors (Lipinski definition) is 2. The lowest BCUT2D eigenvalue weighted by Crippen LogP contribution is -2.05. The molecule has 1 aromatic carbocycles. The molecule has 0 radical (unpaired) electrons. The summed E-state index contributed by atoms with van der Waals surface area (Å²) in [6.45, 7) is 3.56. The molecule has 0 bridgehead atoms. The van der Waals surface area contributed by atoms with E-state index in [2.05, 4.69) is 6.58 Å². The minimum Gasteiger partial charge on any atom is -0.478 e. The number of aromatic carboxylic acids is 1. The van der Waals surface area contributed by atoms with E-state index in [1.807, 2.05) is 0 Å². The van der Waals surface area contributed by atoms with Gasteiger partial charge in [0, 0.05) is 10.7 Å². The number of carboxylic acids is 1. The molecule has 0 aliphatic rings. The maximum atomic E-state index is 10.8. The zero-order valence-corrected chi connectivity index (χ0v) is 8.21. The zero-order chi connectivity index (χ0) is 10.7. The molecular weight excluding hydrogens is 202 g/mol. The Bertz CT molecular complexity index is 388. The van der Waals surface area contributed by atoms with Crippen LogP contribution in [0.1, 0.15) is 15.9 Å². The van der Waals surface area contributed by atoms with Gasteiger partial charge in [-0.05, 0) is 24.1 Å². The molecular formula is C10H10ClNO2. The van der Waals surface area contributed by atoms with Crippen molar-refractivity contribution in [2.75, 3.05) is 5.73 Å². The van der Waals surface area contributed by atoms with Crippen LogP contribution in [0, 0.1) is 0 Å². The number of anilines is 1. The highest BCUT2D eigenvalue weighted by molar-refractivity contribution is 6.31. The van der Waals surface area contributed by atoms with Crippen molar-refractivity contribution in [2.45, 2.75) is 6.42 Å². The Balaban J connectivity index is 3.31. The van der Waals surface area contributed by atoms with E-state index in [0.29, 0.717) is 17.0 Å². The Hall–Kier alpha value is -1.48. The molecule has 0 fully saturated rings. The van der Waals surface area contributed by atoms with E-state index in [1.54, 1.807) is 12.1 Å². The van der Waals surface area contributed by atoms with Crippen molar-refractivity contribution in [3.63, 3.8) is 0 Å². The molecule has 0 aromatic heterocycles. The molecule has 1 aromatic rings. The predicted octanol–water partition coefficient (Wildman–Crippen LogP) is 2.35.